The summed E-state index contributed by atoms with van der Waals surface area (Å²) in [6.45, 7) is 3.78. The van der Waals surface area contributed by atoms with E-state index in [4.69, 9.17) is 18.0 Å². The molecule has 22 heavy (non-hydrogen) atoms. The molecule has 1 heterocycles. The van der Waals surface area contributed by atoms with Crippen molar-refractivity contribution in [3.63, 3.8) is 0 Å². The van der Waals surface area contributed by atoms with E-state index >= 15 is 0 Å². The lowest BCUT2D eigenvalue weighted by Crippen LogP contribution is -2.40. The van der Waals surface area contributed by atoms with Crippen LogP contribution < -0.4 is 16.4 Å². The number of anilines is 1. The summed E-state index contributed by atoms with van der Waals surface area (Å²) in [4.78, 5) is 13.5. The molecule has 1 aliphatic rings. The van der Waals surface area contributed by atoms with Crippen molar-refractivity contribution < 1.29 is 4.79 Å². The molecule has 0 saturated carbocycles. The van der Waals surface area contributed by atoms with Crippen molar-refractivity contribution in [3.05, 3.63) is 30.3 Å². The second-order valence-corrected chi connectivity index (χ2v) is 6.03. The average Bonchev–Trinajstić information content (AvgIpc) is 2.53. The van der Waals surface area contributed by atoms with Crippen LogP contribution in [0.15, 0.2) is 30.3 Å². The molecule has 1 fully saturated rings. The fourth-order valence-corrected chi connectivity index (χ4v) is 2.86. The Labute approximate surface area is 137 Å². The summed E-state index contributed by atoms with van der Waals surface area (Å²) in [5.41, 5.74) is 6.34. The number of primary amides is 1. The number of amides is 1. The van der Waals surface area contributed by atoms with Crippen LogP contribution in [0.3, 0.4) is 0 Å². The van der Waals surface area contributed by atoms with Crippen LogP contribution in [-0.2, 0) is 4.79 Å². The molecular formula is C16H24N4OS. The van der Waals surface area contributed by atoms with Gasteiger partial charge in [0.1, 0.15) is 0 Å². The number of carbonyl (C=O) groups excluding carboxylic acids is 1. The molecule has 4 N–H and O–H groups in total. The number of nitrogens with two attached hydrogens (primary N) is 1. The predicted molar refractivity (Wildman–Crippen MR) is 93.6 cm³/mol. The third-order valence-corrected chi connectivity index (χ3v) is 4.20. The fraction of sp³-hybridized carbons (Fsp3) is 0.500. The largest absolute Gasteiger partial charge is 0.369 e. The maximum absolute atomic E-state index is 11.1. The van der Waals surface area contributed by atoms with Gasteiger partial charge in [0.2, 0.25) is 5.91 Å². The standard InChI is InChI=1S/C16H24N4OS/c17-15(21)13-7-11-20(12-8-13)10-4-9-18-16(22)19-14-5-2-1-3-6-14/h1-3,5-6,13H,4,7-12H2,(H2,17,21)(H2,18,19,22). The SMILES string of the molecule is NC(=O)C1CCN(CCCNC(=S)Nc2ccccc2)CC1. The second-order valence-electron chi connectivity index (χ2n) is 5.62. The highest BCUT2D eigenvalue weighted by atomic mass is 32.1. The van der Waals surface area contributed by atoms with Crippen LogP contribution in [0.5, 0.6) is 0 Å². The highest BCUT2D eigenvalue weighted by molar-refractivity contribution is 7.80. The number of likely N-dealkylation sites (tertiary alicyclic amines) is 1. The van der Waals surface area contributed by atoms with Crippen LogP contribution in [0.4, 0.5) is 5.69 Å². The molecule has 1 saturated heterocycles. The molecule has 0 spiro atoms. The van der Waals surface area contributed by atoms with E-state index in [-0.39, 0.29) is 11.8 Å². The molecular weight excluding hydrogens is 296 g/mol. The summed E-state index contributed by atoms with van der Waals surface area (Å²) in [6.07, 6.45) is 2.80. The van der Waals surface area contributed by atoms with Gasteiger partial charge in [-0.15, -0.1) is 0 Å². The zero-order chi connectivity index (χ0) is 15.8. The molecule has 1 aliphatic heterocycles. The normalized spacial score (nSPS) is 16.2. The molecule has 0 unspecified atom stereocenters. The first kappa shape index (κ1) is 16.7. The van der Waals surface area contributed by atoms with Crippen molar-refractivity contribution in [1.82, 2.24) is 10.2 Å². The molecule has 0 aliphatic carbocycles. The summed E-state index contributed by atoms with van der Waals surface area (Å²) in [6, 6.07) is 9.89. The zero-order valence-corrected chi connectivity index (χ0v) is 13.6. The highest BCUT2D eigenvalue weighted by Crippen LogP contribution is 2.16. The highest BCUT2D eigenvalue weighted by Gasteiger charge is 2.22. The van der Waals surface area contributed by atoms with Gasteiger partial charge in [-0.25, -0.2) is 0 Å². The molecule has 6 heteroatoms. The number of rotatable bonds is 6. The van der Waals surface area contributed by atoms with Gasteiger partial charge in [-0.3, -0.25) is 4.79 Å². The third kappa shape index (κ3) is 5.61. The molecule has 1 aromatic carbocycles. The zero-order valence-electron chi connectivity index (χ0n) is 12.8. The monoisotopic (exact) mass is 320 g/mol. The summed E-state index contributed by atoms with van der Waals surface area (Å²) < 4.78 is 0. The van der Waals surface area contributed by atoms with E-state index in [0.29, 0.717) is 5.11 Å². The van der Waals surface area contributed by atoms with Crippen LogP contribution in [-0.4, -0.2) is 42.1 Å². The topological polar surface area (TPSA) is 70.4 Å². The Kier molecular flexibility index (Phi) is 6.61. The van der Waals surface area contributed by atoms with Crippen molar-refractivity contribution >= 4 is 28.9 Å². The Morgan fingerprint density at radius 2 is 1.95 bits per heavy atom. The van der Waals surface area contributed by atoms with E-state index in [1.165, 1.54) is 0 Å². The Morgan fingerprint density at radius 1 is 1.27 bits per heavy atom. The average molecular weight is 320 g/mol. The molecule has 2 rings (SSSR count). The van der Waals surface area contributed by atoms with Crippen LogP contribution in [0.1, 0.15) is 19.3 Å². The van der Waals surface area contributed by atoms with Gasteiger partial charge in [0.15, 0.2) is 5.11 Å². The first-order chi connectivity index (χ1) is 10.6. The lowest BCUT2D eigenvalue weighted by molar-refractivity contribution is -0.123. The molecule has 1 amide bonds. The van der Waals surface area contributed by atoms with Crippen LogP contribution in [0.2, 0.25) is 0 Å². The van der Waals surface area contributed by atoms with E-state index in [9.17, 15) is 4.79 Å². The molecule has 0 atom stereocenters. The van der Waals surface area contributed by atoms with Gasteiger partial charge < -0.3 is 21.3 Å². The fourth-order valence-electron chi connectivity index (χ4n) is 2.64. The second kappa shape index (κ2) is 8.70. The van der Waals surface area contributed by atoms with E-state index in [2.05, 4.69) is 15.5 Å². The number of nitrogens with one attached hydrogen (secondary N) is 2. The van der Waals surface area contributed by atoms with Crippen molar-refractivity contribution in [2.75, 3.05) is 31.5 Å². The van der Waals surface area contributed by atoms with Crippen molar-refractivity contribution in [3.8, 4) is 0 Å². The van der Waals surface area contributed by atoms with Gasteiger partial charge in [-0.1, -0.05) is 18.2 Å². The predicted octanol–water partition coefficient (Wildman–Crippen LogP) is 1.56. The van der Waals surface area contributed by atoms with Crippen molar-refractivity contribution in [2.24, 2.45) is 11.7 Å². The Hall–Kier alpha value is -1.66. The van der Waals surface area contributed by atoms with E-state index in [0.717, 1.165) is 51.1 Å². The van der Waals surface area contributed by atoms with Crippen LogP contribution in [0.25, 0.3) is 0 Å². The number of para-hydroxylation sites is 1. The minimum atomic E-state index is -0.154. The Balaban J connectivity index is 1.56. The molecule has 120 valence electrons. The van der Waals surface area contributed by atoms with Gasteiger partial charge >= 0.3 is 0 Å². The summed E-state index contributed by atoms with van der Waals surface area (Å²) in [7, 11) is 0. The molecule has 5 nitrogen and oxygen atoms in total. The summed E-state index contributed by atoms with van der Waals surface area (Å²) >= 11 is 5.26. The van der Waals surface area contributed by atoms with Gasteiger partial charge in [-0.2, -0.15) is 0 Å². The Morgan fingerprint density at radius 3 is 2.59 bits per heavy atom. The van der Waals surface area contributed by atoms with Gasteiger partial charge in [0.25, 0.3) is 0 Å². The smallest absolute Gasteiger partial charge is 0.220 e. The maximum Gasteiger partial charge on any atom is 0.220 e. The van der Waals surface area contributed by atoms with Gasteiger partial charge in [0, 0.05) is 18.2 Å². The lowest BCUT2D eigenvalue weighted by atomic mass is 9.96. The number of nitrogens with zero attached hydrogens (tertiary/aromatic N) is 1. The van der Waals surface area contributed by atoms with Crippen LogP contribution in [0, 0.1) is 5.92 Å². The van der Waals surface area contributed by atoms with Gasteiger partial charge in [-0.05, 0) is 63.2 Å². The number of thiocarbonyl (C=S) groups is 1. The minimum Gasteiger partial charge on any atom is -0.369 e. The minimum absolute atomic E-state index is 0.0667. The maximum atomic E-state index is 11.1. The first-order valence-electron chi connectivity index (χ1n) is 7.77. The quantitative estimate of drug-likeness (QED) is 0.548. The molecule has 0 aromatic heterocycles. The molecule has 1 aromatic rings. The van der Waals surface area contributed by atoms with Crippen molar-refractivity contribution in [2.45, 2.75) is 19.3 Å². The summed E-state index contributed by atoms with van der Waals surface area (Å²) in [5, 5.41) is 7.02. The first-order valence-corrected chi connectivity index (χ1v) is 8.17. The van der Waals surface area contributed by atoms with E-state index in [1.54, 1.807) is 0 Å². The van der Waals surface area contributed by atoms with Gasteiger partial charge in [0.05, 0.1) is 0 Å². The Bertz CT molecular complexity index is 486. The van der Waals surface area contributed by atoms with Crippen LogP contribution >= 0.6 is 12.2 Å². The van der Waals surface area contributed by atoms with E-state index < -0.39 is 0 Å². The number of hydrogen-bond acceptors (Lipinski definition) is 3. The number of piperidine rings is 1. The molecule has 0 bridgehead atoms. The number of benzene rings is 1. The number of hydrogen-bond donors (Lipinski definition) is 3. The summed E-state index contributed by atoms with van der Waals surface area (Å²) in [5.74, 6) is -0.0873. The molecule has 0 radical (unpaired) electrons. The lowest BCUT2D eigenvalue weighted by Gasteiger charge is -2.30. The van der Waals surface area contributed by atoms with Crippen molar-refractivity contribution in [1.29, 1.82) is 0 Å². The van der Waals surface area contributed by atoms with E-state index in [1.807, 2.05) is 30.3 Å². The third-order valence-electron chi connectivity index (χ3n) is 3.96. The number of carbonyl (C=O) groups is 1.